The zero-order chi connectivity index (χ0) is 13.7. The Morgan fingerprint density at radius 2 is 1.95 bits per heavy atom. The van der Waals surface area contributed by atoms with E-state index in [1.807, 2.05) is 0 Å². The molecule has 1 saturated heterocycles. The summed E-state index contributed by atoms with van der Waals surface area (Å²) >= 11 is 0. The van der Waals surface area contributed by atoms with Crippen molar-refractivity contribution in [2.75, 3.05) is 11.4 Å². The molecule has 1 aliphatic heterocycles. The maximum Gasteiger partial charge on any atom is 0.0368 e. The summed E-state index contributed by atoms with van der Waals surface area (Å²) in [6.45, 7) is 8.88. The molecule has 1 heterocycles. The average Bonchev–Trinajstić information content (AvgIpc) is 2.45. The average molecular weight is 260 g/mol. The third kappa shape index (κ3) is 3.97. The lowest BCUT2D eigenvalue weighted by atomic mass is 9.99. The predicted octanol–water partition coefficient (Wildman–Crippen LogP) is 3.95. The third-order valence-electron chi connectivity index (χ3n) is 4.08. The number of anilines is 1. The van der Waals surface area contributed by atoms with Gasteiger partial charge in [-0.05, 0) is 43.4 Å². The molecule has 1 aromatic carbocycles. The van der Waals surface area contributed by atoms with Crippen LogP contribution in [0.4, 0.5) is 5.69 Å². The van der Waals surface area contributed by atoms with Crippen molar-refractivity contribution in [1.82, 2.24) is 5.32 Å². The van der Waals surface area contributed by atoms with Crippen LogP contribution in [0.1, 0.15) is 52.0 Å². The van der Waals surface area contributed by atoms with Crippen LogP contribution in [0.15, 0.2) is 24.3 Å². The molecular formula is C17H28N2. The highest BCUT2D eigenvalue weighted by molar-refractivity contribution is 5.49. The monoisotopic (exact) mass is 260 g/mol. The second kappa shape index (κ2) is 6.95. The Kier molecular flexibility index (Phi) is 5.26. The molecule has 106 valence electrons. The minimum Gasteiger partial charge on any atom is -0.369 e. The van der Waals surface area contributed by atoms with Gasteiger partial charge in [-0.1, -0.05) is 32.9 Å². The number of nitrogens with zero attached hydrogens (tertiary/aromatic N) is 1. The molecule has 0 aromatic heterocycles. The highest BCUT2D eigenvalue weighted by atomic mass is 15.2. The van der Waals surface area contributed by atoms with Crippen LogP contribution in [0, 0.1) is 0 Å². The van der Waals surface area contributed by atoms with Gasteiger partial charge in [0, 0.05) is 30.9 Å². The normalized spacial score (nSPS) is 20.0. The van der Waals surface area contributed by atoms with E-state index in [2.05, 4.69) is 55.3 Å². The topological polar surface area (TPSA) is 15.3 Å². The van der Waals surface area contributed by atoms with E-state index in [-0.39, 0.29) is 0 Å². The molecule has 0 amide bonds. The van der Waals surface area contributed by atoms with Crippen molar-refractivity contribution in [3.8, 4) is 0 Å². The standard InChI is InChI=1S/C17H28N2/c1-4-16-7-5-6-12-19(16)17-10-8-15(9-11-17)13-18-14(2)3/h8-11,14,16,18H,4-7,12-13H2,1-3H3. The lowest BCUT2D eigenvalue weighted by molar-refractivity contribution is 0.450. The van der Waals surface area contributed by atoms with Crippen LogP contribution in [-0.4, -0.2) is 18.6 Å². The van der Waals surface area contributed by atoms with Crippen molar-refractivity contribution in [2.24, 2.45) is 0 Å². The highest BCUT2D eigenvalue weighted by Gasteiger charge is 2.20. The molecule has 2 heteroatoms. The summed E-state index contributed by atoms with van der Waals surface area (Å²) in [5, 5.41) is 3.47. The Bertz CT molecular complexity index is 369. The molecule has 0 aliphatic carbocycles. The van der Waals surface area contributed by atoms with Gasteiger partial charge in [-0.25, -0.2) is 0 Å². The number of rotatable bonds is 5. The lowest BCUT2D eigenvalue weighted by Gasteiger charge is -2.37. The first-order valence-corrected chi connectivity index (χ1v) is 7.79. The van der Waals surface area contributed by atoms with Crippen molar-refractivity contribution in [2.45, 2.75) is 65.1 Å². The number of hydrogen-bond donors (Lipinski definition) is 1. The number of hydrogen-bond acceptors (Lipinski definition) is 2. The molecular weight excluding hydrogens is 232 g/mol. The summed E-state index contributed by atoms with van der Waals surface area (Å²) in [7, 11) is 0. The van der Waals surface area contributed by atoms with E-state index in [1.54, 1.807) is 0 Å². The fourth-order valence-electron chi connectivity index (χ4n) is 2.89. The molecule has 1 atom stereocenters. The highest BCUT2D eigenvalue weighted by Crippen LogP contribution is 2.26. The summed E-state index contributed by atoms with van der Waals surface area (Å²) < 4.78 is 0. The number of nitrogens with one attached hydrogen (secondary N) is 1. The van der Waals surface area contributed by atoms with Gasteiger partial charge >= 0.3 is 0 Å². The summed E-state index contributed by atoms with van der Waals surface area (Å²) in [5.74, 6) is 0. The molecule has 1 aromatic rings. The summed E-state index contributed by atoms with van der Waals surface area (Å²) in [6.07, 6.45) is 5.35. The maximum atomic E-state index is 3.47. The van der Waals surface area contributed by atoms with E-state index in [4.69, 9.17) is 0 Å². The van der Waals surface area contributed by atoms with Crippen LogP contribution in [0.3, 0.4) is 0 Å². The van der Waals surface area contributed by atoms with Crippen molar-refractivity contribution < 1.29 is 0 Å². The molecule has 1 aliphatic rings. The zero-order valence-corrected chi connectivity index (χ0v) is 12.7. The Labute approximate surface area is 118 Å². The second-order valence-corrected chi connectivity index (χ2v) is 5.95. The Hall–Kier alpha value is -1.02. The first-order valence-electron chi connectivity index (χ1n) is 7.79. The van der Waals surface area contributed by atoms with Crippen LogP contribution in [0.5, 0.6) is 0 Å². The minimum absolute atomic E-state index is 0.547. The van der Waals surface area contributed by atoms with Gasteiger partial charge in [-0.2, -0.15) is 0 Å². The van der Waals surface area contributed by atoms with Gasteiger partial charge in [-0.3, -0.25) is 0 Å². The molecule has 0 spiro atoms. The fourth-order valence-corrected chi connectivity index (χ4v) is 2.89. The fraction of sp³-hybridized carbons (Fsp3) is 0.647. The molecule has 19 heavy (non-hydrogen) atoms. The van der Waals surface area contributed by atoms with Crippen LogP contribution < -0.4 is 10.2 Å². The zero-order valence-electron chi connectivity index (χ0n) is 12.7. The van der Waals surface area contributed by atoms with Gasteiger partial charge in [-0.15, -0.1) is 0 Å². The van der Waals surface area contributed by atoms with E-state index < -0.39 is 0 Å². The van der Waals surface area contributed by atoms with E-state index in [1.165, 1.54) is 43.5 Å². The first kappa shape index (κ1) is 14.4. The molecule has 0 saturated carbocycles. The van der Waals surface area contributed by atoms with Crippen molar-refractivity contribution in [1.29, 1.82) is 0 Å². The van der Waals surface area contributed by atoms with Gasteiger partial charge in [0.1, 0.15) is 0 Å². The van der Waals surface area contributed by atoms with Gasteiger partial charge in [0.15, 0.2) is 0 Å². The van der Waals surface area contributed by atoms with E-state index in [0.29, 0.717) is 6.04 Å². The Morgan fingerprint density at radius 3 is 2.58 bits per heavy atom. The smallest absolute Gasteiger partial charge is 0.0368 e. The van der Waals surface area contributed by atoms with E-state index in [9.17, 15) is 0 Å². The van der Waals surface area contributed by atoms with Gasteiger partial charge in [0.2, 0.25) is 0 Å². The molecule has 0 bridgehead atoms. The van der Waals surface area contributed by atoms with Gasteiger partial charge < -0.3 is 10.2 Å². The second-order valence-electron chi connectivity index (χ2n) is 5.95. The van der Waals surface area contributed by atoms with Crippen molar-refractivity contribution in [3.05, 3.63) is 29.8 Å². The molecule has 1 fully saturated rings. The number of benzene rings is 1. The van der Waals surface area contributed by atoms with Crippen molar-refractivity contribution in [3.63, 3.8) is 0 Å². The van der Waals surface area contributed by atoms with Crippen molar-refractivity contribution >= 4 is 5.69 Å². The predicted molar refractivity (Wildman–Crippen MR) is 83.7 cm³/mol. The van der Waals surface area contributed by atoms with Crippen LogP contribution in [0.2, 0.25) is 0 Å². The largest absolute Gasteiger partial charge is 0.369 e. The first-order chi connectivity index (χ1) is 9.20. The van der Waals surface area contributed by atoms with Crippen LogP contribution >= 0.6 is 0 Å². The van der Waals surface area contributed by atoms with E-state index in [0.717, 1.165) is 12.6 Å². The molecule has 0 radical (unpaired) electrons. The quantitative estimate of drug-likeness (QED) is 0.862. The number of piperidine rings is 1. The molecule has 1 unspecified atom stereocenters. The Morgan fingerprint density at radius 1 is 1.21 bits per heavy atom. The minimum atomic E-state index is 0.547. The third-order valence-corrected chi connectivity index (χ3v) is 4.08. The van der Waals surface area contributed by atoms with Gasteiger partial charge in [0.25, 0.3) is 0 Å². The maximum absolute atomic E-state index is 3.47. The molecule has 1 N–H and O–H groups in total. The van der Waals surface area contributed by atoms with E-state index >= 15 is 0 Å². The summed E-state index contributed by atoms with van der Waals surface area (Å²) in [6, 6.07) is 10.4. The lowest BCUT2D eigenvalue weighted by Crippen LogP contribution is -2.39. The van der Waals surface area contributed by atoms with Gasteiger partial charge in [0.05, 0.1) is 0 Å². The Balaban J connectivity index is 2.00. The van der Waals surface area contributed by atoms with Crippen LogP contribution in [0.25, 0.3) is 0 Å². The summed E-state index contributed by atoms with van der Waals surface area (Å²) in [5.41, 5.74) is 2.78. The van der Waals surface area contributed by atoms with Crippen LogP contribution in [-0.2, 0) is 6.54 Å². The molecule has 2 rings (SSSR count). The SMILES string of the molecule is CCC1CCCCN1c1ccc(CNC(C)C)cc1. The molecule has 2 nitrogen and oxygen atoms in total. The summed E-state index contributed by atoms with van der Waals surface area (Å²) in [4.78, 5) is 2.60.